The predicted molar refractivity (Wildman–Crippen MR) is 60.0 cm³/mol. The van der Waals surface area contributed by atoms with Crippen LogP contribution in [0, 0.1) is 0 Å². The molecule has 0 aliphatic heterocycles. The molecule has 17 heavy (non-hydrogen) atoms. The molecule has 5 nitrogen and oxygen atoms in total. The monoisotopic (exact) mass is 235 g/mol. The van der Waals surface area contributed by atoms with Crippen LogP contribution >= 0.6 is 0 Å². The van der Waals surface area contributed by atoms with Crippen LogP contribution in [0.2, 0.25) is 0 Å². The highest BCUT2D eigenvalue weighted by molar-refractivity contribution is 5.89. The molecule has 0 heterocycles. The zero-order valence-corrected chi connectivity index (χ0v) is 9.40. The summed E-state index contributed by atoms with van der Waals surface area (Å²) in [5.41, 5.74) is 2.45. The molecule has 1 aromatic rings. The average Bonchev–Trinajstić information content (AvgIpc) is 2.70. The number of amides is 1. The molecule has 1 aromatic carbocycles. The van der Waals surface area contributed by atoms with Gasteiger partial charge in [-0.2, -0.15) is 0 Å². The van der Waals surface area contributed by atoms with E-state index in [-0.39, 0.29) is 12.0 Å². The first-order valence-corrected chi connectivity index (χ1v) is 5.32. The van der Waals surface area contributed by atoms with Crippen LogP contribution in [0.25, 0.3) is 0 Å². The largest absolute Gasteiger partial charge is 0.465 e. The summed E-state index contributed by atoms with van der Waals surface area (Å²) in [6.45, 7) is 0. The smallest absolute Gasteiger partial charge is 0.405 e. The maximum atomic E-state index is 11.3. The topological polar surface area (TPSA) is 75.6 Å². The van der Waals surface area contributed by atoms with E-state index in [4.69, 9.17) is 5.11 Å². The molecule has 0 radical (unpaired) electrons. The number of hydrogen-bond acceptors (Lipinski definition) is 3. The summed E-state index contributed by atoms with van der Waals surface area (Å²) in [6, 6.07) is 5.04. The predicted octanol–water partition coefficient (Wildman–Crippen LogP) is 1.73. The van der Waals surface area contributed by atoms with Crippen LogP contribution in [-0.4, -0.2) is 24.3 Å². The number of carboxylic acid groups (broad SMARTS) is 1. The second-order valence-electron chi connectivity index (χ2n) is 3.95. The Balaban J connectivity index is 2.25. The number of esters is 1. The third-order valence-corrected chi connectivity index (χ3v) is 2.94. The molecule has 0 saturated carbocycles. The third-order valence-electron chi connectivity index (χ3n) is 2.94. The molecule has 0 bridgehead atoms. The summed E-state index contributed by atoms with van der Waals surface area (Å²) < 4.78 is 4.64. The molecule has 1 aliphatic rings. The minimum Gasteiger partial charge on any atom is -0.465 e. The van der Waals surface area contributed by atoms with Gasteiger partial charge in [0.25, 0.3) is 0 Å². The van der Waals surface area contributed by atoms with Crippen molar-refractivity contribution in [2.24, 2.45) is 0 Å². The molecule has 0 aromatic heterocycles. The van der Waals surface area contributed by atoms with Gasteiger partial charge in [0.1, 0.15) is 0 Å². The molecular weight excluding hydrogens is 222 g/mol. The summed E-state index contributed by atoms with van der Waals surface area (Å²) in [4.78, 5) is 21.9. The van der Waals surface area contributed by atoms with E-state index < -0.39 is 6.09 Å². The molecule has 0 fully saturated rings. The minimum atomic E-state index is -1.03. The number of ether oxygens (including phenoxy) is 1. The third kappa shape index (κ3) is 2.22. The standard InChI is InChI=1S/C12H13NO4/c1-17-11(14)8-2-4-9-7(6-8)3-5-10(9)13-12(15)16/h2,4,6,10,13H,3,5H2,1H3,(H,15,16). The first-order chi connectivity index (χ1) is 8.11. The molecule has 2 N–H and O–H groups in total. The zero-order chi connectivity index (χ0) is 12.4. The summed E-state index contributed by atoms with van der Waals surface area (Å²) in [5.74, 6) is -0.373. The second-order valence-corrected chi connectivity index (χ2v) is 3.95. The number of methoxy groups -OCH3 is 1. The van der Waals surface area contributed by atoms with E-state index in [2.05, 4.69) is 10.1 Å². The summed E-state index contributed by atoms with van der Waals surface area (Å²) in [6.07, 6.45) is 0.470. The lowest BCUT2D eigenvalue weighted by Crippen LogP contribution is -2.24. The van der Waals surface area contributed by atoms with Gasteiger partial charge < -0.3 is 15.2 Å². The van der Waals surface area contributed by atoms with Gasteiger partial charge in [-0.25, -0.2) is 9.59 Å². The number of carbonyl (C=O) groups excluding carboxylic acids is 1. The van der Waals surface area contributed by atoms with E-state index in [0.717, 1.165) is 24.0 Å². The van der Waals surface area contributed by atoms with Gasteiger partial charge in [0.15, 0.2) is 0 Å². The van der Waals surface area contributed by atoms with E-state index in [1.807, 2.05) is 0 Å². The summed E-state index contributed by atoms with van der Waals surface area (Å²) in [5, 5.41) is 11.2. The van der Waals surface area contributed by atoms with Gasteiger partial charge in [0.05, 0.1) is 18.7 Å². The molecule has 5 heteroatoms. The van der Waals surface area contributed by atoms with Crippen molar-refractivity contribution >= 4 is 12.1 Å². The Morgan fingerprint density at radius 1 is 1.47 bits per heavy atom. The number of fused-ring (bicyclic) bond motifs is 1. The second kappa shape index (κ2) is 4.45. The Morgan fingerprint density at radius 3 is 2.88 bits per heavy atom. The highest BCUT2D eigenvalue weighted by Gasteiger charge is 2.24. The average molecular weight is 235 g/mol. The van der Waals surface area contributed by atoms with Crippen LogP contribution in [0.4, 0.5) is 4.79 Å². The Bertz CT molecular complexity index is 470. The number of nitrogens with one attached hydrogen (secondary N) is 1. The van der Waals surface area contributed by atoms with E-state index in [1.54, 1.807) is 18.2 Å². The van der Waals surface area contributed by atoms with Crippen LogP contribution in [-0.2, 0) is 11.2 Å². The number of carbonyl (C=O) groups is 2. The van der Waals surface area contributed by atoms with Crippen LogP contribution in [0.5, 0.6) is 0 Å². The van der Waals surface area contributed by atoms with E-state index in [1.165, 1.54) is 7.11 Å². The van der Waals surface area contributed by atoms with Gasteiger partial charge >= 0.3 is 12.1 Å². The maximum Gasteiger partial charge on any atom is 0.405 e. The van der Waals surface area contributed by atoms with Gasteiger partial charge in [-0.15, -0.1) is 0 Å². The van der Waals surface area contributed by atoms with Crippen LogP contribution in [0.3, 0.4) is 0 Å². The minimum absolute atomic E-state index is 0.172. The number of aryl methyl sites for hydroxylation is 1. The first-order valence-electron chi connectivity index (χ1n) is 5.32. The van der Waals surface area contributed by atoms with Gasteiger partial charge in [0, 0.05) is 0 Å². The Hall–Kier alpha value is -2.04. The Labute approximate surface area is 98.4 Å². The highest BCUT2D eigenvalue weighted by Crippen LogP contribution is 2.31. The van der Waals surface area contributed by atoms with Crippen LogP contribution in [0.1, 0.15) is 33.9 Å². The van der Waals surface area contributed by atoms with Crippen molar-refractivity contribution in [3.8, 4) is 0 Å². The molecular formula is C12H13NO4. The lowest BCUT2D eigenvalue weighted by atomic mass is 10.0. The fourth-order valence-corrected chi connectivity index (χ4v) is 2.16. The molecule has 90 valence electrons. The van der Waals surface area contributed by atoms with Crippen molar-refractivity contribution in [3.63, 3.8) is 0 Å². The molecule has 2 rings (SSSR count). The van der Waals surface area contributed by atoms with Crippen molar-refractivity contribution in [1.29, 1.82) is 0 Å². The molecule has 0 spiro atoms. The normalized spacial score (nSPS) is 17.4. The summed E-state index contributed by atoms with van der Waals surface area (Å²) >= 11 is 0. The molecule has 1 atom stereocenters. The SMILES string of the molecule is COC(=O)c1ccc2c(c1)CCC2NC(=O)O. The quantitative estimate of drug-likeness (QED) is 0.765. The van der Waals surface area contributed by atoms with Crippen LogP contribution < -0.4 is 5.32 Å². The zero-order valence-electron chi connectivity index (χ0n) is 9.40. The summed E-state index contributed by atoms with van der Waals surface area (Å²) in [7, 11) is 1.34. The van der Waals surface area contributed by atoms with Crippen molar-refractivity contribution in [3.05, 3.63) is 34.9 Å². The van der Waals surface area contributed by atoms with E-state index >= 15 is 0 Å². The van der Waals surface area contributed by atoms with Gasteiger partial charge in [-0.05, 0) is 36.1 Å². The number of rotatable bonds is 2. The molecule has 0 saturated heterocycles. The first kappa shape index (κ1) is 11.4. The van der Waals surface area contributed by atoms with E-state index in [9.17, 15) is 9.59 Å². The van der Waals surface area contributed by atoms with Gasteiger partial charge in [0.2, 0.25) is 0 Å². The van der Waals surface area contributed by atoms with Gasteiger partial charge in [-0.1, -0.05) is 6.07 Å². The van der Waals surface area contributed by atoms with Gasteiger partial charge in [-0.3, -0.25) is 0 Å². The van der Waals surface area contributed by atoms with Crippen molar-refractivity contribution < 1.29 is 19.4 Å². The maximum absolute atomic E-state index is 11.3. The van der Waals surface area contributed by atoms with Crippen molar-refractivity contribution in [1.82, 2.24) is 5.32 Å². The Kier molecular flexibility index (Phi) is 2.99. The van der Waals surface area contributed by atoms with Crippen molar-refractivity contribution in [2.45, 2.75) is 18.9 Å². The van der Waals surface area contributed by atoms with E-state index in [0.29, 0.717) is 5.56 Å². The number of benzene rings is 1. The van der Waals surface area contributed by atoms with Crippen molar-refractivity contribution in [2.75, 3.05) is 7.11 Å². The number of hydrogen-bond donors (Lipinski definition) is 2. The highest BCUT2D eigenvalue weighted by atomic mass is 16.5. The van der Waals surface area contributed by atoms with Crippen LogP contribution in [0.15, 0.2) is 18.2 Å². The fraction of sp³-hybridized carbons (Fsp3) is 0.333. The Morgan fingerprint density at radius 2 is 2.24 bits per heavy atom. The molecule has 1 amide bonds. The lowest BCUT2D eigenvalue weighted by molar-refractivity contribution is 0.0600. The molecule has 1 aliphatic carbocycles. The molecule has 1 unspecified atom stereocenters. The fourth-order valence-electron chi connectivity index (χ4n) is 2.16. The lowest BCUT2D eigenvalue weighted by Gasteiger charge is -2.11.